The van der Waals surface area contributed by atoms with Crippen LogP contribution >= 0.6 is 0 Å². The molecule has 0 saturated carbocycles. The number of hydrogen-bond donors (Lipinski definition) is 2. The molecule has 18 heavy (non-hydrogen) atoms. The lowest BCUT2D eigenvalue weighted by atomic mass is 10.0. The van der Waals surface area contributed by atoms with Crippen molar-refractivity contribution in [3.8, 4) is 0 Å². The number of primary amides is 1. The van der Waals surface area contributed by atoms with E-state index in [9.17, 15) is 4.79 Å². The molecule has 1 amide bonds. The van der Waals surface area contributed by atoms with Gasteiger partial charge in [0.05, 0.1) is 0 Å². The fourth-order valence-corrected chi connectivity index (χ4v) is 1.88. The van der Waals surface area contributed by atoms with Crippen molar-refractivity contribution < 1.29 is 4.79 Å². The standard InChI is InChI=1S/C15H16N2O/c16-15(18)14-9-5-4-6-12(14)10-11-17-13-7-2-1-3-8-13/h1-9,17H,10-11H2,(H2,16,18). The second-order valence-corrected chi connectivity index (χ2v) is 4.06. The van der Waals surface area contributed by atoms with E-state index in [2.05, 4.69) is 5.32 Å². The normalized spacial score (nSPS) is 10.0. The zero-order valence-electron chi connectivity index (χ0n) is 10.1. The van der Waals surface area contributed by atoms with Crippen LogP contribution in [-0.4, -0.2) is 12.5 Å². The number of amides is 1. The summed E-state index contributed by atoms with van der Waals surface area (Å²) in [6.45, 7) is 0.772. The molecule has 0 aliphatic rings. The predicted octanol–water partition coefficient (Wildman–Crippen LogP) is 2.44. The lowest BCUT2D eigenvalue weighted by Crippen LogP contribution is -2.15. The van der Waals surface area contributed by atoms with Crippen molar-refractivity contribution in [2.75, 3.05) is 11.9 Å². The van der Waals surface area contributed by atoms with Crippen LogP contribution in [0.5, 0.6) is 0 Å². The Balaban J connectivity index is 1.97. The predicted molar refractivity (Wildman–Crippen MR) is 73.6 cm³/mol. The molecule has 2 rings (SSSR count). The van der Waals surface area contributed by atoms with E-state index in [1.807, 2.05) is 48.5 Å². The van der Waals surface area contributed by atoms with E-state index in [1.54, 1.807) is 6.07 Å². The van der Waals surface area contributed by atoms with Crippen molar-refractivity contribution in [2.45, 2.75) is 6.42 Å². The van der Waals surface area contributed by atoms with Gasteiger partial charge in [0.2, 0.25) is 5.91 Å². The van der Waals surface area contributed by atoms with Gasteiger partial charge in [-0.05, 0) is 30.2 Å². The highest BCUT2D eigenvalue weighted by Gasteiger charge is 2.06. The van der Waals surface area contributed by atoms with Gasteiger partial charge in [0, 0.05) is 17.8 Å². The first-order valence-electron chi connectivity index (χ1n) is 5.94. The van der Waals surface area contributed by atoms with Crippen molar-refractivity contribution in [3.63, 3.8) is 0 Å². The van der Waals surface area contributed by atoms with E-state index in [1.165, 1.54) is 0 Å². The summed E-state index contributed by atoms with van der Waals surface area (Å²) in [5.41, 5.74) is 8.00. The molecule has 0 aliphatic carbocycles. The van der Waals surface area contributed by atoms with Crippen LogP contribution in [0.15, 0.2) is 54.6 Å². The topological polar surface area (TPSA) is 55.1 Å². The molecule has 0 spiro atoms. The van der Waals surface area contributed by atoms with Crippen LogP contribution in [0.3, 0.4) is 0 Å². The van der Waals surface area contributed by atoms with Crippen LogP contribution in [0.1, 0.15) is 15.9 Å². The number of rotatable bonds is 5. The molecule has 3 heteroatoms. The number of nitrogens with one attached hydrogen (secondary N) is 1. The lowest BCUT2D eigenvalue weighted by Gasteiger charge is -2.08. The molecule has 0 bridgehead atoms. The van der Waals surface area contributed by atoms with Gasteiger partial charge in [-0.3, -0.25) is 4.79 Å². The lowest BCUT2D eigenvalue weighted by molar-refractivity contribution is 0.0999. The van der Waals surface area contributed by atoms with Gasteiger partial charge in [-0.15, -0.1) is 0 Å². The van der Waals surface area contributed by atoms with E-state index in [0.717, 1.165) is 24.2 Å². The van der Waals surface area contributed by atoms with Crippen molar-refractivity contribution in [1.82, 2.24) is 0 Å². The summed E-state index contributed by atoms with van der Waals surface area (Å²) in [6.07, 6.45) is 0.772. The minimum Gasteiger partial charge on any atom is -0.385 e. The summed E-state index contributed by atoms with van der Waals surface area (Å²) < 4.78 is 0. The number of nitrogens with two attached hydrogens (primary N) is 1. The van der Waals surface area contributed by atoms with E-state index in [-0.39, 0.29) is 5.91 Å². The first kappa shape index (κ1) is 12.2. The minimum atomic E-state index is -0.370. The summed E-state index contributed by atoms with van der Waals surface area (Å²) in [5.74, 6) is -0.370. The molecule has 2 aromatic carbocycles. The first-order chi connectivity index (χ1) is 8.77. The number of para-hydroxylation sites is 1. The SMILES string of the molecule is NC(=O)c1ccccc1CCNc1ccccc1. The highest BCUT2D eigenvalue weighted by atomic mass is 16.1. The van der Waals surface area contributed by atoms with Crippen molar-refractivity contribution in [1.29, 1.82) is 0 Å². The maximum Gasteiger partial charge on any atom is 0.248 e. The second-order valence-electron chi connectivity index (χ2n) is 4.06. The molecule has 0 heterocycles. The summed E-state index contributed by atoms with van der Waals surface area (Å²) >= 11 is 0. The molecule has 0 unspecified atom stereocenters. The third kappa shape index (κ3) is 3.10. The Morgan fingerprint density at radius 2 is 1.67 bits per heavy atom. The third-order valence-corrected chi connectivity index (χ3v) is 2.78. The van der Waals surface area contributed by atoms with Gasteiger partial charge < -0.3 is 11.1 Å². The molecule has 0 saturated heterocycles. The van der Waals surface area contributed by atoms with E-state index < -0.39 is 0 Å². The van der Waals surface area contributed by atoms with E-state index >= 15 is 0 Å². The Morgan fingerprint density at radius 1 is 1.00 bits per heavy atom. The van der Waals surface area contributed by atoms with Crippen molar-refractivity contribution in [2.24, 2.45) is 5.73 Å². The first-order valence-corrected chi connectivity index (χ1v) is 5.94. The summed E-state index contributed by atoms with van der Waals surface area (Å²) in [5, 5.41) is 3.31. The van der Waals surface area contributed by atoms with Gasteiger partial charge in [0.1, 0.15) is 0 Å². The van der Waals surface area contributed by atoms with Gasteiger partial charge in [0.15, 0.2) is 0 Å². The monoisotopic (exact) mass is 240 g/mol. The van der Waals surface area contributed by atoms with Crippen LogP contribution in [-0.2, 0) is 6.42 Å². The molecule has 2 aromatic rings. The van der Waals surface area contributed by atoms with Gasteiger partial charge >= 0.3 is 0 Å². The number of benzene rings is 2. The highest BCUT2D eigenvalue weighted by Crippen LogP contribution is 2.10. The molecule has 0 radical (unpaired) electrons. The van der Waals surface area contributed by atoms with Crippen LogP contribution in [0.2, 0.25) is 0 Å². The fraction of sp³-hybridized carbons (Fsp3) is 0.133. The summed E-state index contributed by atoms with van der Waals surface area (Å²) in [7, 11) is 0. The molecule has 3 nitrogen and oxygen atoms in total. The van der Waals surface area contributed by atoms with Gasteiger partial charge in [0.25, 0.3) is 0 Å². The Hall–Kier alpha value is -2.29. The second kappa shape index (κ2) is 5.87. The molecule has 0 aliphatic heterocycles. The van der Waals surface area contributed by atoms with E-state index in [4.69, 9.17) is 5.73 Å². The molecular formula is C15H16N2O. The zero-order valence-corrected chi connectivity index (χ0v) is 10.1. The Morgan fingerprint density at radius 3 is 2.39 bits per heavy atom. The molecule has 0 fully saturated rings. The highest BCUT2D eigenvalue weighted by molar-refractivity contribution is 5.94. The quantitative estimate of drug-likeness (QED) is 0.843. The maximum atomic E-state index is 11.3. The van der Waals surface area contributed by atoms with Gasteiger partial charge in [-0.2, -0.15) is 0 Å². The summed E-state index contributed by atoms with van der Waals surface area (Å²) in [4.78, 5) is 11.3. The smallest absolute Gasteiger partial charge is 0.248 e. The van der Waals surface area contributed by atoms with Crippen LogP contribution in [0.25, 0.3) is 0 Å². The molecule has 3 N–H and O–H groups in total. The van der Waals surface area contributed by atoms with Crippen molar-refractivity contribution >= 4 is 11.6 Å². The molecule has 92 valence electrons. The largest absolute Gasteiger partial charge is 0.385 e. The van der Waals surface area contributed by atoms with Crippen LogP contribution in [0, 0.1) is 0 Å². The average molecular weight is 240 g/mol. The number of hydrogen-bond acceptors (Lipinski definition) is 2. The Bertz CT molecular complexity index is 523. The molecular weight excluding hydrogens is 224 g/mol. The molecule has 0 atom stereocenters. The Labute approximate surface area is 107 Å². The van der Waals surface area contributed by atoms with Gasteiger partial charge in [-0.25, -0.2) is 0 Å². The molecule has 0 aromatic heterocycles. The third-order valence-electron chi connectivity index (χ3n) is 2.78. The maximum absolute atomic E-state index is 11.3. The van der Waals surface area contributed by atoms with Crippen LogP contribution < -0.4 is 11.1 Å². The Kier molecular flexibility index (Phi) is 3.97. The van der Waals surface area contributed by atoms with Crippen molar-refractivity contribution in [3.05, 3.63) is 65.7 Å². The number of anilines is 1. The van der Waals surface area contributed by atoms with E-state index in [0.29, 0.717) is 5.56 Å². The van der Waals surface area contributed by atoms with Gasteiger partial charge in [-0.1, -0.05) is 36.4 Å². The number of carbonyl (C=O) groups excluding carboxylic acids is 1. The zero-order chi connectivity index (χ0) is 12.8. The number of carbonyl (C=O) groups is 1. The fourth-order valence-electron chi connectivity index (χ4n) is 1.88. The van der Waals surface area contributed by atoms with Crippen LogP contribution in [0.4, 0.5) is 5.69 Å². The minimum absolute atomic E-state index is 0.370. The average Bonchev–Trinajstić information content (AvgIpc) is 2.40. The summed E-state index contributed by atoms with van der Waals surface area (Å²) in [6, 6.07) is 17.4.